The van der Waals surface area contributed by atoms with Gasteiger partial charge in [0.2, 0.25) is 0 Å². The Hall–Kier alpha value is -8.48. The summed E-state index contributed by atoms with van der Waals surface area (Å²) < 4.78 is 145. The number of aliphatic hydroxyl groups is 3. The number of nitrogens with one attached hydrogen (secondary N) is 3. The summed E-state index contributed by atoms with van der Waals surface area (Å²) in [4.78, 5) is 0.562. The molecule has 0 saturated heterocycles. The molecule has 11 aromatic rings. The lowest BCUT2D eigenvalue weighted by Crippen LogP contribution is -2.15. The Morgan fingerprint density at radius 2 is 0.902 bits per heavy atom. The number of fused-ring (bicyclic) bond motifs is 5. The first-order valence-corrected chi connectivity index (χ1v) is 35.9. The Morgan fingerprint density at radius 3 is 1.33 bits per heavy atom. The minimum atomic E-state index is -4.69. The molecule has 0 fully saturated rings. The number of halogens is 4. The third kappa shape index (κ3) is 16.0. The number of aromatic hydroxyl groups is 3. The van der Waals surface area contributed by atoms with Gasteiger partial charge in [-0.1, -0.05) is 105 Å². The second-order valence-corrected chi connectivity index (χ2v) is 30.5. The maximum atomic E-state index is 13.5. The van der Waals surface area contributed by atoms with E-state index in [0.29, 0.717) is 76.3 Å². The normalized spacial score (nSPS) is 11.8. The Kier molecular flexibility index (Phi) is 20.8. The van der Waals surface area contributed by atoms with E-state index >= 15 is 0 Å². The van der Waals surface area contributed by atoms with Crippen LogP contribution in [0.25, 0.3) is 52.5 Å². The summed E-state index contributed by atoms with van der Waals surface area (Å²) in [5, 5.41) is 64.0. The first-order valence-electron chi connectivity index (χ1n) is 26.9. The highest BCUT2D eigenvalue weighted by atomic mass is 32.3. The van der Waals surface area contributed by atoms with E-state index in [1.54, 1.807) is 84.9 Å². The van der Waals surface area contributed by atoms with Gasteiger partial charge in [-0.3, -0.25) is 14.2 Å². The highest BCUT2D eigenvalue weighted by Crippen LogP contribution is 2.45. The molecule has 0 aliphatic heterocycles. The number of thioether (sulfide) groups is 3. The van der Waals surface area contributed by atoms with Crippen LogP contribution in [0.5, 0.6) is 23.0 Å². The quantitative estimate of drug-likeness (QED) is 0.0149. The van der Waals surface area contributed by atoms with Crippen molar-refractivity contribution < 1.29 is 78.2 Å². The summed E-state index contributed by atoms with van der Waals surface area (Å²) in [6, 6.07) is 40.9. The summed E-state index contributed by atoms with van der Waals surface area (Å²) in [6.45, 7) is 12.7. The highest BCUT2D eigenvalue weighted by molar-refractivity contribution is 8.00. The van der Waals surface area contributed by atoms with Gasteiger partial charge in [0, 0.05) is 41.7 Å². The second-order valence-electron chi connectivity index (χ2n) is 19.8. The SMILES string of the molecule is C=C(O)CSc1cc(NS(=O)(=O)c2cc3cc(OCC)ccc3s2)c2ccccc2c1O.C=C(O)CSc1cc(NS(=O)(=O)c2cc3ccc(F)cc3s2)c2ccccc2c1O.C=C(O)CSc1cc(NS(=O)(=O)c2cccc(C(F)(F)F)c2)c2ccccc2c1O. The molecule has 0 bridgehead atoms. The summed E-state index contributed by atoms with van der Waals surface area (Å²) >= 11 is 5.48. The number of phenolic OH excluding ortho intramolecular Hbond substituents is 3. The van der Waals surface area contributed by atoms with E-state index in [2.05, 4.69) is 33.9 Å². The number of benzene rings is 9. The van der Waals surface area contributed by atoms with Crippen LogP contribution in [-0.4, -0.2) is 79.8 Å². The van der Waals surface area contributed by atoms with Crippen molar-refractivity contribution in [1.29, 1.82) is 0 Å². The largest absolute Gasteiger partial charge is 0.512 e. The Morgan fingerprint density at radius 1 is 0.489 bits per heavy atom. The van der Waals surface area contributed by atoms with Gasteiger partial charge in [0.15, 0.2) is 0 Å². The summed E-state index contributed by atoms with van der Waals surface area (Å²) in [7, 11) is -12.2. The average Bonchev–Trinajstić information content (AvgIpc) is 1.01. The maximum absolute atomic E-state index is 13.5. The lowest BCUT2D eigenvalue weighted by molar-refractivity contribution is -0.137. The van der Waals surface area contributed by atoms with Crippen molar-refractivity contribution in [3.8, 4) is 23.0 Å². The molecule has 2 heterocycles. The molecule has 0 aliphatic carbocycles. The number of ether oxygens (including phenoxy) is 1. The molecule has 0 amide bonds. The number of thiophene rings is 2. The third-order valence-electron chi connectivity index (χ3n) is 13.1. The average molecular weight is 1400 g/mol. The molecule has 0 aliphatic rings. The fraction of sp³-hybridized carbons (Fsp3) is 0.0938. The fourth-order valence-corrected chi connectivity index (χ4v) is 17.4. The molecule has 9 N–H and O–H groups in total. The van der Waals surface area contributed by atoms with Crippen LogP contribution >= 0.6 is 58.0 Å². The number of hydrogen-bond acceptors (Lipinski definition) is 18. The molecule has 16 nitrogen and oxygen atoms in total. The lowest BCUT2D eigenvalue weighted by atomic mass is 10.1. The number of rotatable bonds is 20. The Balaban J connectivity index is 0.000000163. The van der Waals surface area contributed by atoms with Crippen LogP contribution in [0.4, 0.5) is 34.6 Å². The first kappa shape index (κ1) is 67.9. The van der Waals surface area contributed by atoms with Crippen LogP contribution < -0.4 is 18.9 Å². The van der Waals surface area contributed by atoms with Gasteiger partial charge in [0.05, 0.1) is 83.4 Å². The molecule has 28 heteroatoms. The topological polar surface area (TPSA) is 269 Å². The van der Waals surface area contributed by atoms with Crippen LogP contribution in [0.1, 0.15) is 12.5 Å². The van der Waals surface area contributed by atoms with Crippen molar-refractivity contribution in [3.05, 3.63) is 212 Å². The van der Waals surface area contributed by atoms with E-state index in [0.717, 1.165) is 63.1 Å². The predicted molar refractivity (Wildman–Crippen MR) is 363 cm³/mol. The number of hydrogen-bond donors (Lipinski definition) is 9. The van der Waals surface area contributed by atoms with Gasteiger partial charge in [-0.05, 0) is 96.6 Å². The molecule has 92 heavy (non-hydrogen) atoms. The van der Waals surface area contributed by atoms with E-state index in [-0.39, 0.29) is 76.5 Å². The van der Waals surface area contributed by atoms with Gasteiger partial charge >= 0.3 is 6.18 Å². The molecule has 0 atom stereocenters. The molecule has 0 saturated carbocycles. The zero-order valence-corrected chi connectivity index (χ0v) is 54.4. The van der Waals surface area contributed by atoms with Crippen LogP contribution in [0.2, 0.25) is 0 Å². The third-order valence-corrected chi connectivity index (χ3v) is 23.7. The number of anilines is 3. The number of aliphatic hydroxyl groups excluding tert-OH is 3. The number of phenols is 3. The van der Waals surface area contributed by atoms with Crippen molar-refractivity contribution in [3.63, 3.8) is 0 Å². The van der Waals surface area contributed by atoms with E-state index in [9.17, 15) is 73.5 Å². The monoisotopic (exact) mass is 1400 g/mol. The van der Waals surface area contributed by atoms with Crippen LogP contribution in [0, 0.1) is 5.82 Å². The van der Waals surface area contributed by atoms with Gasteiger partial charge in [-0.25, -0.2) is 29.6 Å². The van der Waals surface area contributed by atoms with E-state index in [4.69, 9.17) is 4.74 Å². The summed E-state index contributed by atoms with van der Waals surface area (Å²) in [6.07, 6.45) is -4.69. The fourth-order valence-electron chi connectivity index (χ4n) is 9.00. The van der Waals surface area contributed by atoms with Crippen molar-refractivity contribution in [1.82, 2.24) is 0 Å². The Bertz CT molecular complexity index is 5040. The first-order chi connectivity index (χ1) is 43.5. The number of alkyl halides is 3. The molecule has 0 unspecified atom stereocenters. The molecule has 0 radical (unpaired) electrons. The predicted octanol–water partition coefficient (Wildman–Crippen LogP) is 17.5. The molecular weight excluding hydrogens is 1350 g/mol. The van der Waals surface area contributed by atoms with Crippen LogP contribution in [0.3, 0.4) is 0 Å². The zero-order valence-electron chi connectivity index (χ0n) is 47.9. The molecule has 11 rings (SSSR count). The van der Waals surface area contributed by atoms with Gasteiger partial charge in [0.25, 0.3) is 30.1 Å². The molecule has 9 aromatic carbocycles. The standard InChI is InChI=1S/C23H21NO5S3.C21H16FNO4S3.C20H16F3NO4S2/c1-3-29-16-8-9-20-15(10-16)11-22(31-20)32(27,28)24-19-12-21(30-13-14(2)25)23(26)18-7-5-4-6-17(18)19;1-12(24)11-28-19-10-17(15-4-2-3-5-16(15)21(19)25)23-30(26,27)20-8-13-6-7-14(22)9-18(13)29-20;1-12(25)11-29-18-10-17(15-7-2-3-8-16(15)19(18)26)24-30(27,28)14-6-4-5-13(9-14)20(21,22)23/h4-12,24-26H,2-3,13H2,1H3;2-10,23-25H,1,11H2;2-10,24-26H,1,11H2. The van der Waals surface area contributed by atoms with Gasteiger partial charge in [0.1, 0.15) is 37.2 Å². The van der Waals surface area contributed by atoms with Crippen LogP contribution in [-0.2, 0) is 36.2 Å². The van der Waals surface area contributed by atoms with E-state index in [1.807, 2.05) is 25.1 Å². The van der Waals surface area contributed by atoms with Crippen LogP contribution in [0.15, 0.2) is 229 Å². The smallest absolute Gasteiger partial charge is 0.416 e. The minimum absolute atomic E-state index is 0.00265. The Labute approximate surface area is 546 Å². The van der Waals surface area contributed by atoms with Crippen molar-refractivity contribution in [2.75, 3.05) is 38.0 Å². The maximum Gasteiger partial charge on any atom is 0.416 e. The number of sulfonamides is 3. The van der Waals surface area contributed by atoms with E-state index < -0.39 is 52.5 Å². The minimum Gasteiger partial charge on any atom is -0.512 e. The molecule has 478 valence electrons. The van der Waals surface area contributed by atoms with Crippen molar-refractivity contribution in [2.45, 2.75) is 41.1 Å². The summed E-state index contributed by atoms with van der Waals surface area (Å²) in [5.74, 6) is 0.315. The molecule has 0 spiro atoms. The van der Waals surface area contributed by atoms with Crippen molar-refractivity contribution in [2.24, 2.45) is 0 Å². The van der Waals surface area contributed by atoms with Crippen molar-refractivity contribution >= 4 is 158 Å². The highest BCUT2D eigenvalue weighted by Gasteiger charge is 2.32. The lowest BCUT2D eigenvalue weighted by Gasteiger charge is -2.15. The molecule has 2 aromatic heterocycles. The van der Waals surface area contributed by atoms with Gasteiger partial charge in [-0.2, -0.15) is 13.2 Å². The van der Waals surface area contributed by atoms with Gasteiger partial charge in [-0.15, -0.1) is 58.0 Å². The second kappa shape index (κ2) is 28.2. The summed E-state index contributed by atoms with van der Waals surface area (Å²) in [5.41, 5.74) is -0.375. The zero-order chi connectivity index (χ0) is 66.5. The van der Waals surface area contributed by atoms with E-state index in [1.165, 1.54) is 59.5 Å². The molecular formula is C64H53F4N3O13S8. The van der Waals surface area contributed by atoms with Gasteiger partial charge < -0.3 is 35.4 Å².